The highest BCUT2D eigenvalue weighted by molar-refractivity contribution is 6.42. The molecule has 1 amide bonds. The maximum absolute atomic E-state index is 13.7. The number of benzene rings is 3. The minimum Gasteiger partial charge on any atom is -0.465 e. The molecule has 2 unspecified atom stereocenters. The third kappa shape index (κ3) is 6.38. The molecule has 2 heterocycles. The smallest absolute Gasteiger partial charge is 0.412 e. The molecule has 0 saturated carbocycles. The summed E-state index contributed by atoms with van der Waals surface area (Å²) in [5.74, 6) is -0.695. The topological polar surface area (TPSA) is 78.9 Å². The van der Waals surface area contributed by atoms with Crippen molar-refractivity contribution >= 4 is 64.0 Å². The lowest BCUT2D eigenvalue weighted by Gasteiger charge is -2.41. The van der Waals surface area contributed by atoms with Gasteiger partial charge in [0, 0.05) is 21.4 Å². The molecule has 216 valence electrons. The van der Waals surface area contributed by atoms with Crippen molar-refractivity contribution in [3.8, 4) is 0 Å². The van der Waals surface area contributed by atoms with Crippen molar-refractivity contribution in [1.29, 1.82) is 0 Å². The van der Waals surface area contributed by atoms with E-state index in [9.17, 15) is 14.7 Å². The molecule has 1 fully saturated rings. The van der Waals surface area contributed by atoms with Crippen LogP contribution in [0.25, 0.3) is 0 Å². The highest BCUT2D eigenvalue weighted by atomic mass is 35.5. The first kappa shape index (κ1) is 30.1. The number of nitrogens with one attached hydrogen (secondary N) is 1. The number of rotatable bonds is 9. The number of piperidine rings is 1. The van der Waals surface area contributed by atoms with Gasteiger partial charge in [0.2, 0.25) is 0 Å². The molecule has 0 aliphatic carbocycles. The van der Waals surface area contributed by atoms with E-state index in [0.717, 1.165) is 48.3 Å². The van der Waals surface area contributed by atoms with Gasteiger partial charge in [0.15, 0.2) is 5.78 Å². The van der Waals surface area contributed by atoms with Gasteiger partial charge in [-0.1, -0.05) is 70.7 Å². The normalized spacial score (nSPS) is 18.3. The number of ether oxygens (including phenoxy) is 1. The molecule has 3 aromatic rings. The average molecular weight is 636 g/mol. The van der Waals surface area contributed by atoms with Crippen molar-refractivity contribution in [2.45, 2.75) is 49.7 Å². The van der Waals surface area contributed by atoms with E-state index in [1.54, 1.807) is 36.4 Å². The number of amides is 1. The molecule has 41 heavy (non-hydrogen) atoms. The third-order valence-electron chi connectivity index (χ3n) is 8.25. The van der Waals surface area contributed by atoms with Gasteiger partial charge < -0.3 is 15.2 Å². The average Bonchev–Trinajstić information content (AvgIpc) is 3.19. The molecular formula is C31H30Cl4N2O4. The van der Waals surface area contributed by atoms with E-state index < -0.39 is 12.0 Å². The molecule has 10 heteroatoms. The van der Waals surface area contributed by atoms with Crippen molar-refractivity contribution in [3.63, 3.8) is 0 Å². The molecule has 0 aromatic heterocycles. The van der Waals surface area contributed by atoms with Crippen LogP contribution in [0.15, 0.2) is 60.7 Å². The second-order valence-electron chi connectivity index (χ2n) is 10.6. The molecular weight excluding hydrogens is 606 g/mol. The summed E-state index contributed by atoms with van der Waals surface area (Å²) in [5.41, 5.74) is 2.95. The van der Waals surface area contributed by atoms with Crippen LogP contribution in [0.3, 0.4) is 0 Å². The monoisotopic (exact) mass is 634 g/mol. The van der Waals surface area contributed by atoms with Crippen LogP contribution in [-0.2, 0) is 21.6 Å². The highest BCUT2D eigenvalue weighted by Crippen LogP contribution is 2.52. The van der Waals surface area contributed by atoms with E-state index in [1.807, 2.05) is 24.3 Å². The van der Waals surface area contributed by atoms with Gasteiger partial charge >= 0.3 is 6.09 Å². The standard InChI is InChI=1S/C31H30Cl4N2O4/c32-21-13-19(14-22(33)16-21)17-41-18-28(38)23(20-5-7-25(34)26(35)15-20)6-8-29-31(9-11-36-12-10-31)24-3-1-2-4-27(24)37(29)30(39)40/h1-5,7,13-16,23,29,36H,6,8-12,17-18H2,(H,39,40). The molecule has 1 spiro atoms. The Hall–Kier alpha value is -2.32. The van der Waals surface area contributed by atoms with Gasteiger partial charge in [0.05, 0.1) is 28.4 Å². The van der Waals surface area contributed by atoms with Crippen LogP contribution in [0.4, 0.5) is 10.5 Å². The van der Waals surface area contributed by atoms with Crippen LogP contribution in [0.2, 0.25) is 20.1 Å². The summed E-state index contributed by atoms with van der Waals surface area (Å²) in [5, 5.41) is 15.5. The lowest BCUT2D eigenvalue weighted by atomic mass is 9.68. The summed E-state index contributed by atoms with van der Waals surface area (Å²) >= 11 is 24.7. The molecule has 3 aromatic carbocycles. The number of halogens is 4. The maximum Gasteiger partial charge on any atom is 0.412 e. The van der Waals surface area contributed by atoms with Crippen molar-refractivity contribution in [2.24, 2.45) is 0 Å². The maximum atomic E-state index is 13.7. The summed E-state index contributed by atoms with van der Waals surface area (Å²) in [7, 11) is 0. The molecule has 1 saturated heterocycles. The molecule has 2 N–H and O–H groups in total. The first-order valence-electron chi connectivity index (χ1n) is 13.5. The van der Waals surface area contributed by atoms with Gasteiger partial charge in [-0.15, -0.1) is 0 Å². The fourth-order valence-electron chi connectivity index (χ4n) is 6.45. The molecule has 6 nitrogen and oxygen atoms in total. The molecule has 2 aliphatic rings. The van der Waals surface area contributed by atoms with Crippen molar-refractivity contribution < 1.29 is 19.4 Å². The molecule has 0 bridgehead atoms. The van der Waals surface area contributed by atoms with Crippen LogP contribution in [0.5, 0.6) is 0 Å². The summed E-state index contributed by atoms with van der Waals surface area (Å²) < 4.78 is 5.80. The predicted molar refractivity (Wildman–Crippen MR) is 164 cm³/mol. The Morgan fingerprint density at radius 2 is 1.68 bits per heavy atom. The largest absolute Gasteiger partial charge is 0.465 e. The quantitative estimate of drug-likeness (QED) is 0.248. The number of carbonyl (C=O) groups excluding carboxylic acids is 1. The zero-order valence-corrected chi connectivity index (χ0v) is 25.2. The number of hydrogen-bond acceptors (Lipinski definition) is 4. The second kappa shape index (κ2) is 12.9. The SMILES string of the molecule is O=C(COCc1cc(Cl)cc(Cl)c1)C(CCC1N(C(=O)O)c2ccccc2C12CCNCC2)c1ccc(Cl)c(Cl)c1. The first-order chi connectivity index (χ1) is 19.7. The molecule has 0 radical (unpaired) electrons. The van der Waals surface area contributed by atoms with Crippen LogP contribution in [-0.4, -0.2) is 42.7 Å². The Bertz CT molecular complexity index is 1420. The number of para-hydroxylation sites is 1. The number of Topliss-reactive ketones (excluding diaryl/α,β-unsaturated/α-hetero) is 1. The van der Waals surface area contributed by atoms with Crippen LogP contribution >= 0.6 is 46.4 Å². The summed E-state index contributed by atoms with van der Waals surface area (Å²) in [6.07, 6.45) is 1.55. The fourth-order valence-corrected chi connectivity index (χ4v) is 7.33. The minimum atomic E-state index is -0.987. The van der Waals surface area contributed by atoms with Gasteiger partial charge in [0.1, 0.15) is 6.61 Å². The molecule has 2 aliphatic heterocycles. The van der Waals surface area contributed by atoms with Gasteiger partial charge in [0.25, 0.3) is 0 Å². The highest BCUT2D eigenvalue weighted by Gasteiger charge is 2.53. The number of nitrogens with zero attached hydrogens (tertiary/aromatic N) is 1. The summed E-state index contributed by atoms with van der Waals surface area (Å²) in [6, 6.07) is 17.8. The number of hydrogen-bond donors (Lipinski definition) is 2. The van der Waals surface area contributed by atoms with E-state index in [4.69, 9.17) is 51.1 Å². The Balaban J connectivity index is 1.40. The van der Waals surface area contributed by atoms with Gasteiger partial charge in [-0.2, -0.15) is 0 Å². The zero-order valence-electron chi connectivity index (χ0n) is 22.2. The predicted octanol–water partition coefficient (Wildman–Crippen LogP) is 8.14. The van der Waals surface area contributed by atoms with E-state index in [-0.39, 0.29) is 30.5 Å². The van der Waals surface area contributed by atoms with Gasteiger partial charge in [-0.25, -0.2) is 4.79 Å². The second-order valence-corrected chi connectivity index (χ2v) is 12.3. The van der Waals surface area contributed by atoms with Crippen LogP contribution in [0, 0.1) is 0 Å². The number of fused-ring (bicyclic) bond motifs is 2. The summed E-state index contributed by atoms with van der Waals surface area (Å²) in [6.45, 7) is 1.63. The Morgan fingerprint density at radius 1 is 0.976 bits per heavy atom. The lowest BCUT2D eigenvalue weighted by Crippen LogP contribution is -2.52. The number of ketones is 1. The third-order valence-corrected chi connectivity index (χ3v) is 9.43. The molecule has 2 atom stereocenters. The van der Waals surface area contributed by atoms with Gasteiger partial charge in [-0.05, 0) is 91.9 Å². The fraction of sp³-hybridized carbons (Fsp3) is 0.355. The van der Waals surface area contributed by atoms with Crippen molar-refractivity contribution in [2.75, 3.05) is 24.6 Å². The lowest BCUT2D eigenvalue weighted by molar-refractivity contribution is -0.125. The first-order valence-corrected chi connectivity index (χ1v) is 15.0. The number of anilines is 1. The van der Waals surface area contributed by atoms with Crippen LogP contribution < -0.4 is 10.2 Å². The van der Waals surface area contributed by atoms with Crippen LogP contribution in [0.1, 0.15) is 48.3 Å². The Labute approximate surface area is 259 Å². The number of carbonyl (C=O) groups is 2. The minimum absolute atomic E-state index is 0.131. The van der Waals surface area contributed by atoms with Crippen molar-refractivity contribution in [1.82, 2.24) is 5.32 Å². The Kier molecular flexibility index (Phi) is 9.49. The van der Waals surface area contributed by atoms with E-state index >= 15 is 0 Å². The zero-order chi connectivity index (χ0) is 29.1. The van der Waals surface area contributed by atoms with E-state index in [0.29, 0.717) is 32.9 Å². The number of carboxylic acid groups (broad SMARTS) is 1. The molecule has 5 rings (SSSR count). The Morgan fingerprint density at radius 3 is 2.37 bits per heavy atom. The van der Waals surface area contributed by atoms with E-state index in [2.05, 4.69) is 5.32 Å². The van der Waals surface area contributed by atoms with E-state index in [1.165, 1.54) is 4.90 Å². The van der Waals surface area contributed by atoms with Crippen molar-refractivity contribution in [3.05, 3.63) is 97.4 Å². The summed E-state index contributed by atoms with van der Waals surface area (Å²) in [4.78, 5) is 27.8. The van der Waals surface area contributed by atoms with Gasteiger partial charge in [-0.3, -0.25) is 9.69 Å².